The number of hydrogen-bond donors (Lipinski definition) is 4. The summed E-state index contributed by atoms with van der Waals surface area (Å²) in [6, 6.07) is -1.41. The summed E-state index contributed by atoms with van der Waals surface area (Å²) in [6.45, 7) is 2.96. The van der Waals surface area contributed by atoms with Crippen LogP contribution in [0, 0.1) is 0 Å². The number of esters is 2. The van der Waals surface area contributed by atoms with Gasteiger partial charge in [0.2, 0.25) is 0 Å². The molecule has 0 aromatic rings. The Morgan fingerprint density at radius 1 is 0.750 bits per heavy atom. The number of carbonyl (C=O) groups excluding carboxylic acids is 4. The van der Waals surface area contributed by atoms with Crippen molar-refractivity contribution in [1.29, 1.82) is 0 Å². The van der Waals surface area contributed by atoms with Crippen LogP contribution in [0.1, 0.15) is 13.8 Å². The van der Waals surface area contributed by atoms with Gasteiger partial charge in [0, 0.05) is 14.2 Å². The minimum Gasteiger partial charge on any atom is -0.368 e. The number of carbonyl (C=O) groups is 4. The molecule has 0 rings (SSSR count). The van der Waals surface area contributed by atoms with Gasteiger partial charge < -0.3 is 41.0 Å². The zero-order valence-electron chi connectivity index (χ0n) is 13.7. The van der Waals surface area contributed by atoms with Crippen molar-refractivity contribution in [1.82, 2.24) is 10.6 Å². The normalized spacial score (nSPS) is 15.4. The predicted octanol–water partition coefficient (Wildman–Crippen LogP) is -1.87. The van der Waals surface area contributed by atoms with E-state index in [4.69, 9.17) is 20.9 Å². The Balaban J connectivity index is 4.35. The van der Waals surface area contributed by atoms with Crippen molar-refractivity contribution < 1.29 is 38.1 Å². The number of alkyl carbamates (subject to hydrolysis) is 2. The fourth-order valence-corrected chi connectivity index (χ4v) is 1.25. The van der Waals surface area contributed by atoms with E-state index in [0.29, 0.717) is 0 Å². The third kappa shape index (κ3) is 7.82. The molecule has 6 N–H and O–H groups in total. The molecule has 24 heavy (non-hydrogen) atoms. The molecule has 0 fully saturated rings. The van der Waals surface area contributed by atoms with Gasteiger partial charge in [0.25, 0.3) is 0 Å². The predicted molar refractivity (Wildman–Crippen MR) is 78.1 cm³/mol. The average Bonchev–Trinajstić information content (AvgIpc) is 2.52. The van der Waals surface area contributed by atoms with Crippen molar-refractivity contribution in [3.8, 4) is 0 Å². The lowest BCUT2D eigenvalue weighted by atomic mass is 10.3. The molecule has 4 unspecified atom stereocenters. The van der Waals surface area contributed by atoms with E-state index in [2.05, 4.69) is 20.1 Å². The van der Waals surface area contributed by atoms with E-state index in [-0.39, 0.29) is 0 Å². The fourth-order valence-electron chi connectivity index (χ4n) is 1.25. The summed E-state index contributed by atoms with van der Waals surface area (Å²) in [7, 11) is 2.62. The van der Waals surface area contributed by atoms with Gasteiger partial charge in [-0.15, -0.1) is 0 Å². The first-order valence-electron chi connectivity index (χ1n) is 6.74. The molecule has 0 spiro atoms. The molecule has 138 valence electrons. The lowest BCUT2D eigenvalue weighted by molar-refractivity contribution is -0.160. The molecule has 2 amide bonds. The molecule has 0 aliphatic rings. The van der Waals surface area contributed by atoms with Crippen molar-refractivity contribution in [2.45, 2.75) is 38.4 Å². The van der Waals surface area contributed by atoms with Crippen LogP contribution in [0.25, 0.3) is 0 Å². The molecule has 0 aliphatic heterocycles. The summed E-state index contributed by atoms with van der Waals surface area (Å²) in [4.78, 5) is 45.4. The molecular weight excluding hydrogens is 328 g/mol. The number of nitrogens with one attached hydrogen (secondary N) is 2. The molecular formula is C12H22N4O8. The van der Waals surface area contributed by atoms with Crippen LogP contribution in [-0.4, -0.2) is 62.9 Å². The van der Waals surface area contributed by atoms with Crippen molar-refractivity contribution in [3.05, 3.63) is 0 Å². The SMILES string of the molecule is COC(N)C(C)NC(=O)OC(=O)C(=O)OC(=O)NC(C)C(N)OC. The van der Waals surface area contributed by atoms with E-state index in [0.717, 1.165) is 0 Å². The first kappa shape index (κ1) is 21.7. The van der Waals surface area contributed by atoms with Crippen LogP contribution in [-0.2, 0) is 28.5 Å². The summed E-state index contributed by atoms with van der Waals surface area (Å²) < 4.78 is 17.8. The molecule has 12 heteroatoms. The zero-order valence-corrected chi connectivity index (χ0v) is 13.7. The Labute approximate surface area is 138 Å². The highest BCUT2D eigenvalue weighted by Gasteiger charge is 2.27. The van der Waals surface area contributed by atoms with Crippen LogP contribution in [0.5, 0.6) is 0 Å². The maximum Gasteiger partial charge on any atom is 0.426 e. The molecule has 0 bridgehead atoms. The maximum absolute atomic E-state index is 11.4. The number of rotatable bonds is 6. The molecule has 4 atom stereocenters. The maximum atomic E-state index is 11.4. The number of ether oxygens (including phenoxy) is 4. The van der Waals surface area contributed by atoms with Gasteiger partial charge in [0.05, 0.1) is 12.1 Å². The summed E-state index contributed by atoms with van der Waals surface area (Å²) in [5.41, 5.74) is 10.9. The number of amides is 2. The average molecular weight is 350 g/mol. The highest BCUT2D eigenvalue weighted by Crippen LogP contribution is 1.95. The van der Waals surface area contributed by atoms with Crippen LogP contribution in [0.15, 0.2) is 0 Å². The van der Waals surface area contributed by atoms with Gasteiger partial charge in [-0.05, 0) is 13.8 Å². The van der Waals surface area contributed by atoms with E-state index in [1.54, 1.807) is 0 Å². The van der Waals surface area contributed by atoms with E-state index in [1.807, 2.05) is 0 Å². The Morgan fingerprint density at radius 2 is 1.04 bits per heavy atom. The van der Waals surface area contributed by atoms with Gasteiger partial charge in [0.15, 0.2) is 0 Å². The Bertz CT molecular complexity index is 430. The Morgan fingerprint density at radius 3 is 1.29 bits per heavy atom. The Kier molecular flexibility index (Phi) is 9.49. The summed E-state index contributed by atoms with van der Waals surface area (Å²) in [6.07, 6.45) is -4.21. The third-order valence-electron chi connectivity index (χ3n) is 2.76. The molecule has 0 heterocycles. The van der Waals surface area contributed by atoms with Crippen molar-refractivity contribution in [2.75, 3.05) is 14.2 Å². The molecule has 0 aliphatic carbocycles. The van der Waals surface area contributed by atoms with E-state index in [9.17, 15) is 19.2 Å². The van der Waals surface area contributed by atoms with Gasteiger partial charge in [-0.1, -0.05) is 0 Å². The fraction of sp³-hybridized carbons (Fsp3) is 0.667. The van der Waals surface area contributed by atoms with Crippen molar-refractivity contribution in [3.63, 3.8) is 0 Å². The minimum absolute atomic E-state index is 0.703. The van der Waals surface area contributed by atoms with Gasteiger partial charge >= 0.3 is 24.1 Å². The van der Waals surface area contributed by atoms with Gasteiger partial charge in [-0.2, -0.15) is 0 Å². The number of nitrogens with two attached hydrogens (primary N) is 2. The first-order chi connectivity index (χ1) is 11.1. The summed E-state index contributed by atoms with van der Waals surface area (Å²) in [5, 5.41) is 4.30. The highest BCUT2D eigenvalue weighted by atomic mass is 16.6. The van der Waals surface area contributed by atoms with Crippen molar-refractivity contribution >= 4 is 24.1 Å². The second-order valence-corrected chi connectivity index (χ2v) is 4.62. The molecule has 0 aromatic heterocycles. The molecule has 0 radical (unpaired) electrons. The van der Waals surface area contributed by atoms with Gasteiger partial charge in [0.1, 0.15) is 12.5 Å². The topological polar surface area (TPSA) is 181 Å². The van der Waals surface area contributed by atoms with E-state index < -0.39 is 48.7 Å². The third-order valence-corrected chi connectivity index (χ3v) is 2.76. The van der Waals surface area contributed by atoms with E-state index >= 15 is 0 Å². The lowest BCUT2D eigenvalue weighted by Gasteiger charge is -2.19. The first-order valence-corrected chi connectivity index (χ1v) is 6.74. The van der Waals surface area contributed by atoms with Crippen LogP contribution in [0.3, 0.4) is 0 Å². The van der Waals surface area contributed by atoms with Crippen molar-refractivity contribution in [2.24, 2.45) is 11.5 Å². The second-order valence-electron chi connectivity index (χ2n) is 4.62. The van der Waals surface area contributed by atoms with E-state index in [1.165, 1.54) is 28.1 Å². The zero-order chi connectivity index (χ0) is 18.9. The molecule has 0 saturated heterocycles. The highest BCUT2D eigenvalue weighted by molar-refractivity contribution is 6.33. The quantitative estimate of drug-likeness (QED) is 0.183. The van der Waals surface area contributed by atoms with Gasteiger partial charge in [-0.3, -0.25) is 0 Å². The lowest BCUT2D eigenvalue weighted by Crippen LogP contribution is -2.48. The standard InChI is InChI=1S/C12H22N4O8/c1-5(7(13)21-3)15-11(19)23-9(17)10(18)24-12(20)16-6(2)8(14)22-4/h5-8H,13-14H2,1-4H3,(H,15,19)(H,16,20). The Hall–Kier alpha value is -2.28. The molecule has 0 saturated carbocycles. The minimum atomic E-state index is -1.69. The second kappa shape index (κ2) is 10.5. The number of hydrogen-bond acceptors (Lipinski definition) is 10. The van der Waals surface area contributed by atoms with Crippen LogP contribution in [0.2, 0.25) is 0 Å². The monoisotopic (exact) mass is 350 g/mol. The summed E-state index contributed by atoms with van der Waals surface area (Å²) >= 11 is 0. The molecule has 0 aromatic carbocycles. The van der Waals surface area contributed by atoms with Crippen LogP contribution in [0.4, 0.5) is 9.59 Å². The summed E-state index contributed by atoms with van der Waals surface area (Å²) in [5.74, 6) is -3.38. The number of methoxy groups -OCH3 is 2. The van der Waals surface area contributed by atoms with Crippen LogP contribution >= 0.6 is 0 Å². The van der Waals surface area contributed by atoms with Crippen LogP contribution < -0.4 is 22.1 Å². The molecule has 12 nitrogen and oxygen atoms in total. The largest absolute Gasteiger partial charge is 0.426 e. The van der Waals surface area contributed by atoms with Gasteiger partial charge in [-0.25, -0.2) is 19.2 Å². The smallest absolute Gasteiger partial charge is 0.368 e.